The number of aliphatic hydroxyl groups excluding tert-OH is 1. The molecule has 1 aliphatic rings. The Morgan fingerprint density at radius 1 is 1.12 bits per heavy atom. The highest BCUT2D eigenvalue weighted by Gasteiger charge is 2.36. The second kappa shape index (κ2) is 10.3. The summed E-state index contributed by atoms with van der Waals surface area (Å²) < 4.78 is 42.0. The van der Waals surface area contributed by atoms with E-state index in [1.54, 1.807) is 30.5 Å². The van der Waals surface area contributed by atoms with Crippen LogP contribution < -0.4 is 17.3 Å². The van der Waals surface area contributed by atoms with Crippen molar-refractivity contribution in [2.75, 3.05) is 6.61 Å². The molecule has 0 spiro atoms. The van der Waals surface area contributed by atoms with Gasteiger partial charge in [-0.15, -0.1) is 10.2 Å². The fraction of sp³-hybridized carbons (Fsp3) is 0.333. The number of hydrogen-bond acceptors (Lipinski definition) is 5. The summed E-state index contributed by atoms with van der Waals surface area (Å²) in [6.45, 7) is 2.55. The number of aromatic amines is 1. The predicted octanol–water partition coefficient (Wildman–Crippen LogP) is -0.499. The molecule has 3 N–H and O–H groups in total. The van der Waals surface area contributed by atoms with E-state index in [0.29, 0.717) is 12.2 Å². The number of aliphatic hydroxyl groups is 1. The first-order chi connectivity index (χ1) is 15.4. The molecule has 4 rings (SSSR count). The first kappa shape index (κ1) is 24.6. The van der Waals surface area contributed by atoms with E-state index in [4.69, 9.17) is 0 Å². The average molecular weight is 482 g/mol. The van der Waals surface area contributed by atoms with Crippen molar-refractivity contribution >= 4 is 5.84 Å². The van der Waals surface area contributed by atoms with Gasteiger partial charge in [0.1, 0.15) is 18.8 Å². The summed E-state index contributed by atoms with van der Waals surface area (Å²) in [7, 11) is 0. The molecule has 1 atom stereocenters. The second-order valence-electron chi connectivity index (χ2n) is 7.49. The van der Waals surface area contributed by atoms with Gasteiger partial charge in [-0.25, -0.2) is 4.99 Å². The highest BCUT2D eigenvalue weighted by molar-refractivity contribution is 5.76. The fourth-order valence-electron chi connectivity index (χ4n) is 3.76. The van der Waals surface area contributed by atoms with E-state index in [1.165, 1.54) is 6.07 Å². The molecular weight excluding hydrogens is 459 g/mol. The first-order valence-electron chi connectivity index (χ1n) is 10.3. The van der Waals surface area contributed by atoms with E-state index in [-0.39, 0.29) is 30.5 Å². The number of rotatable bonds is 8. The van der Waals surface area contributed by atoms with Crippen molar-refractivity contribution in [1.29, 1.82) is 0 Å². The molecule has 33 heavy (non-hydrogen) atoms. The molecule has 3 aromatic rings. The van der Waals surface area contributed by atoms with Crippen molar-refractivity contribution in [3.05, 3.63) is 59.6 Å². The van der Waals surface area contributed by atoms with Gasteiger partial charge in [-0.2, -0.15) is 18.4 Å². The van der Waals surface area contributed by atoms with Crippen molar-refractivity contribution in [2.24, 2.45) is 4.99 Å². The van der Waals surface area contributed by atoms with Gasteiger partial charge in [0.15, 0.2) is 5.70 Å². The van der Waals surface area contributed by atoms with Gasteiger partial charge < -0.3 is 22.1 Å². The van der Waals surface area contributed by atoms with Gasteiger partial charge in [0.2, 0.25) is 11.7 Å². The number of benzene rings is 1. The Labute approximate surface area is 194 Å². The lowest BCUT2D eigenvalue weighted by Gasteiger charge is -2.18. The summed E-state index contributed by atoms with van der Waals surface area (Å²) in [6, 6.07) is 9.16. The number of hydrogen-bond donors (Lipinski definition) is 3. The number of amidine groups is 1. The summed E-state index contributed by atoms with van der Waals surface area (Å²) in [6.07, 6.45) is 0.0144. The maximum atomic E-state index is 13.6. The zero-order valence-corrected chi connectivity index (χ0v) is 18.5. The minimum absolute atomic E-state index is 0. The molecule has 0 saturated heterocycles. The number of nitrogens with one attached hydrogen (secondary N) is 2. The molecule has 0 saturated carbocycles. The maximum Gasteiger partial charge on any atom is 0.431 e. The van der Waals surface area contributed by atoms with Crippen LogP contribution in [0.2, 0.25) is 0 Å². The number of nitrogens with zero attached hydrogens (tertiary/aromatic N) is 5. The average Bonchev–Trinajstić information content (AvgIpc) is 3.51. The molecule has 1 unspecified atom stereocenters. The topological polar surface area (TPSA) is 96.4 Å². The maximum absolute atomic E-state index is 13.6. The molecule has 12 heteroatoms. The van der Waals surface area contributed by atoms with E-state index < -0.39 is 11.9 Å². The highest BCUT2D eigenvalue weighted by Crippen LogP contribution is 2.35. The third kappa shape index (κ3) is 5.15. The number of quaternary nitrogens is 1. The Bertz CT molecular complexity index is 1120. The molecule has 0 bridgehead atoms. The van der Waals surface area contributed by atoms with Crippen molar-refractivity contribution < 1.29 is 35.6 Å². The van der Waals surface area contributed by atoms with Crippen molar-refractivity contribution in [2.45, 2.75) is 38.9 Å². The molecule has 1 aliphatic heterocycles. The standard InChI is InChI=1S/C21H22F3N7O.ClH/c1-2-3-4-19-25-11-16(13-32)30(19)12-14-5-7-15(8-6-14)31-17(20-26-28-29-27-20)9-10-18(31)21(22,23)24;/h5-11,32H,2-4,12-13H2,1H3,(H,26,27,28,29);1H. The Morgan fingerprint density at radius 3 is 2.48 bits per heavy atom. The number of aliphatic imine (C=N–C) groups is 1. The molecule has 2 aromatic heterocycles. The molecular formula is C21H23ClF3N7O. The molecule has 1 aromatic carbocycles. The summed E-state index contributed by atoms with van der Waals surface area (Å²) in [5, 5.41) is 23.0. The van der Waals surface area contributed by atoms with Gasteiger partial charge in [-0.1, -0.05) is 25.5 Å². The van der Waals surface area contributed by atoms with Crippen molar-refractivity contribution in [3.63, 3.8) is 0 Å². The first-order valence-corrected chi connectivity index (χ1v) is 10.3. The summed E-state index contributed by atoms with van der Waals surface area (Å²) >= 11 is 0. The minimum atomic E-state index is -4.55. The van der Waals surface area contributed by atoms with Crippen LogP contribution in [0.25, 0.3) is 17.2 Å². The van der Waals surface area contributed by atoms with Crippen molar-refractivity contribution in [3.8, 4) is 17.2 Å². The molecule has 0 aliphatic carbocycles. The molecule has 0 radical (unpaired) electrons. The quantitative estimate of drug-likeness (QED) is 0.404. The second-order valence-corrected chi connectivity index (χ2v) is 7.49. The minimum Gasteiger partial charge on any atom is -1.00 e. The summed E-state index contributed by atoms with van der Waals surface area (Å²) in [5.41, 5.74) is 1.39. The van der Waals surface area contributed by atoms with Crippen LogP contribution in [0.3, 0.4) is 0 Å². The van der Waals surface area contributed by atoms with Crippen molar-refractivity contribution in [1.82, 2.24) is 25.2 Å². The van der Waals surface area contributed by atoms with Crippen LogP contribution in [0.4, 0.5) is 13.2 Å². The predicted molar refractivity (Wildman–Crippen MR) is 111 cm³/mol. The lowest BCUT2D eigenvalue weighted by molar-refractivity contribution is -0.778. The van der Waals surface area contributed by atoms with E-state index in [1.807, 2.05) is 0 Å². The SMILES string of the molecule is CCCCC1=NC=C(CO)[NH+]1Cc1ccc(-n2c(-c3nn[nH]n3)ccc2C(F)(F)F)cc1.[Cl-]. The number of alkyl halides is 3. The van der Waals surface area contributed by atoms with E-state index in [9.17, 15) is 18.3 Å². The fourth-order valence-corrected chi connectivity index (χ4v) is 3.76. The Kier molecular flexibility index (Phi) is 7.67. The third-order valence-corrected chi connectivity index (χ3v) is 5.37. The smallest absolute Gasteiger partial charge is 0.431 e. The molecule has 0 fully saturated rings. The lowest BCUT2D eigenvalue weighted by Crippen LogP contribution is -3.11. The zero-order valence-electron chi connectivity index (χ0n) is 17.8. The van der Waals surface area contributed by atoms with E-state index >= 15 is 0 Å². The number of H-pyrrole nitrogens is 1. The number of halogens is 4. The Morgan fingerprint density at radius 2 is 1.88 bits per heavy atom. The largest absolute Gasteiger partial charge is 1.00 e. The number of aromatic nitrogens is 5. The Hall–Kier alpha value is -3.02. The van der Waals surface area contributed by atoms with Gasteiger partial charge in [0.05, 0.1) is 11.9 Å². The zero-order chi connectivity index (χ0) is 22.7. The van der Waals surface area contributed by atoms with Crippen LogP contribution in [0.5, 0.6) is 0 Å². The van der Waals surface area contributed by atoms with Crippen LogP contribution in [-0.2, 0) is 12.7 Å². The van der Waals surface area contributed by atoms with Crippen LogP contribution in [0.1, 0.15) is 37.4 Å². The van der Waals surface area contributed by atoms with Crippen LogP contribution in [-0.4, -0.2) is 42.7 Å². The van der Waals surface area contributed by atoms with Gasteiger partial charge in [-0.3, -0.25) is 4.90 Å². The molecule has 3 heterocycles. The number of unbranched alkanes of at least 4 members (excludes halogenated alkanes) is 1. The van der Waals surface area contributed by atoms with Gasteiger partial charge >= 0.3 is 6.18 Å². The normalized spacial score (nSPS) is 15.8. The monoisotopic (exact) mass is 481 g/mol. The van der Waals surface area contributed by atoms with Crippen LogP contribution in [0, 0.1) is 0 Å². The molecule has 176 valence electrons. The Balaban J connectivity index is 0.00000306. The molecule has 8 nitrogen and oxygen atoms in total. The van der Waals surface area contributed by atoms with E-state index in [0.717, 1.165) is 51.9 Å². The third-order valence-electron chi connectivity index (χ3n) is 5.37. The summed E-state index contributed by atoms with van der Waals surface area (Å²) in [5.74, 6) is 1.03. The highest BCUT2D eigenvalue weighted by atomic mass is 35.5. The number of tetrazole rings is 1. The van der Waals surface area contributed by atoms with Gasteiger partial charge in [0, 0.05) is 17.7 Å². The van der Waals surface area contributed by atoms with Crippen LogP contribution in [0.15, 0.2) is 53.3 Å². The van der Waals surface area contributed by atoms with E-state index in [2.05, 4.69) is 32.5 Å². The van der Waals surface area contributed by atoms with Gasteiger partial charge in [-0.05, 0) is 35.9 Å². The van der Waals surface area contributed by atoms with Crippen LogP contribution >= 0.6 is 0 Å². The lowest BCUT2D eigenvalue weighted by atomic mass is 10.1. The van der Waals surface area contributed by atoms with Gasteiger partial charge in [0.25, 0.3) is 0 Å². The summed E-state index contributed by atoms with van der Waals surface area (Å²) in [4.78, 5) is 5.43. The molecule has 0 amide bonds.